The molecule has 0 bridgehead atoms. The summed E-state index contributed by atoms with van der Waals surface area (Å²) in [5.74, 6) is 0.410. The molecular formula is C20H22ClN3O2S. The van der Waals surface area contributed by atoms with Gasteiger partial charge in [-0.1, -0.05) is 29.8 Å². The molecule has 0 heterocycles. The van der Waals surface area contributed by atoms with Gasteiger partial charge in [-0.05, 0) is 79.4 Å². The van der Waals surface area contributed by atoms with Gasteiger partial charge in [-0.25, -0.2) is 0 Å². The summed E-state index contributed by atoms with van der Waals surface area (Å²) in [7, 11) is 0. The number of hydrogen-bond acceptors (Lipinski definition) is 3. The number of ether oxygens (including phenoxy) is 1. The van der Waals surface area contributed by atoms with Gasteiger partial charge in [-0.2, -0.15) is 0 Å². The van der Waals surface area contributed by atoms with Crippen LogP contribution in [0.1, 0.15) is 30.0 Å². The quantitative estimate of drug-likeness (QED) is 0.528. The van der Waals surface area contributed by atoms with E-state index in [-0.39, 0.29) is 5.91 Å². The summed E-state index contributed by atoms with van der Waals surface area (Å²) in [6.45, 7) is 2.23. The van der Waals surface area contributed by atoms with Crippen LogP contribution < -0.4 is 20.9 Å². The summed E-state index contributed by atoms with van der Waals surface area (Å²) in [4.78, 5) is 12.2. The van der Waals surface area contributed by atoms with Gasteiger partial charge >= 0.3 is 0 Å². The van der Waals surface area contributed by atoms with Crippen LogP contribution in [0.4, 0.5) is 0 Å². The first-order chi connectivity index (χ1) is 13.0. The molecule has 1 amide bonds. The molecular weight excluding hydrogens is 382 g/mol. The first kappa shape index (κ1) is 19.5. The molecule has 0 spiro atoms. The third kappa shape index (κ3) is 5.58. The highest BCUT2D eigenvalue weighted by molar-refractivity contribution is 7.80. The average molecular weight is 404 g/mol. The van der Waals surface area contributed by atoms with Gasteiger partial charge in [0.15, 0.2) is 11.2 Å². The van der Waals surface area contributed by atoms with Gasteiger partial charge in [0, 0.05) is 11.6 Å². The Morgan fingerprint density at radius 2 is 1.89 bits per heavy atom. The standard InChI is InChI=1S/C20H22ClN3O2S/c1-13(26-18-10-7-15-3-2-4-16(15)11-18)19(25)23-24-20(27)22-12-14-5-8-17(21)9-6-14/h5-11,13H,2-4,12H2,1H3,(H,23,25)(H2,22,24,27)/t13-/m0/s1. The number of hydrazine groups is 1. The smallest absolute Gasteiger partial charge is 0.279 e. The second kappa shape index (κ2) is 9.06. The Hall–Kier alpha value is -2.31. The van der Waals surface area contributed by atoms with Crippen molar-refractivity contribution in [3.8, 4) is 5.75 Å². The van der Waals surface area contributed by atoms with Gasteiger partial charge in [-0.15, -0.1) is 0 Å². The molecule has 0 saturated heterocycles. The van der Waals surface area contributed by atoms with Crippen LogP contribution in [0.25, 0.3) is 0 Å². The monoisotopic (exact) mass is 403 g/mol. The number of amides is 1. The SMILES string of the molecule is C[C@H](Oc1ccc2c(c1)CCC2)C(=O)NNC(=S)NCc1ccc(Cl)cc1. The topological polar surface area (TPSA) is 62.4 Å². The molecule has 142 valence electrons. The second-order valence-electron chi connectivity index (χ2n) is 6.47. The Morgan fingerprint density at radius 1 is 1.15 bits per heavy atom. The van der Waals surface area contributed by atoms with Crippen LogP contribution in [0.15, 0.2) is 42.5 Å². The summed E-state index contributed by atoms with van der Waals surface area (Å²) in [5, 5.41) is 4.02. The van der Waals surface area contributed by atoms with Gasteiger partial charge < -0.3 is 10.1 Å². The Labute approximate surface area is 169 Å². The minimum atomic E-state index is -0.643. The first-order valence-corrected chi connectivity index (χ1v) is 9.66. The minimum Gasteiger partial charge on any atom is -0.481 e. The lowest BCUT2D eigenvalue weighted by Gasteiger charge is -2.17. The average Bonchev–Trinajstić information content (AvgIpc) is 3.13. The van der Waals surface area contributed by atoms with Crippen molar-refractivity contribution >= 4 is 34.8 Å². The Kier molecular flexibility index (Phi) is 6.53. The van der Waals surface area contributed by atoms with E-state index in [0.717, 1.165) is 18.4 Å². The number of hydrogen-bond donors (Lipinski definition) is 3. The highest BCUT2D eigenvalue weighted by Gasteiger charge is 2.17. The van der Waals surface area contributed by atoms with Crippen LogP contribution in [-0.2, 0) is 24.2 Å². The maximum atomic E-state index is 12.2. The van der Waals surface area contributed by atoms with Crippen molar-refractivity contribution in [2.75, 3.05) is 0 Å². The molecule has 0 saturated carbocycles. The fraction of sp³-hybridized carbons (Fsp3) is 0.300. The number of halogens is 1. The maximum Gasteiger partial charge on any atom is 0.279 e. The lowest BCUT2D eigenvalue weighted by Crippen LogP contribution is -2.50. The van der Waals surface area contributed by atoms with Crippen molar-refractivity contribution in [2.24, 2.45) is 0 Å². The van der Waals surface area contributed by atoms with Crippen molar-refractivity contribution in [2.45, 2.75) is 38.8 Å². The van der Waals surface area contributed by atoms with Gasteiger partial charge in [0.05, 0.1) is 0 Å². The van der Waals surface area contributed by atoms with Crippen molar-refractivity contribution in [3.05, 3.63) is 64.2 Å². The van der Waals surface area contributed by atoms with E-state index in [1.54, 1.807) is 6.92 Å². The van der Waals surface area contributed by atoms with Crippen LogP contribution >= 0.6 is 23.8 Å². The molecule has 2 aromatic carbocycles. The van der Waals surface area contributed by atoms with E-state index in [0.29, 0.717) is 22.4 Å². The van der Waals surface area contributed by atoms with Crippen LogP contribution in [0.5, 0.6) is 5.75 Å². The van der Waals surface area contributed by atoms with E-state index in [4.69, 9.17) is 28.6 Å². The fourth-order valence-electron chi connectivity index (χ4n) is 2.93. The van der Waals surface area contributed by atoms with E-state index >= 15 is 0 Å². The maximum absolute atomic E-state index is 12.2. The number of rotatable bonds is 5. The number of aryl methyl sites for hydroxylation is 2. The van der Waals surface area contributed by atoms with E-state index in [1.807, 2.05) is 36.4 Å². The van der Waals surface area contributed by atoms with Crippen molar-refractivity contribution in [3.63, 3.8) is 0 Å². The minimum absolute atomic E-state index is 0.300. The molecule has 3 N–H and O–H groups in total. The molecule has 0 unspecified atom stereocenters. The summed E-state index contributed by atoms with van der Waals surface area (Å²) in [6, 6.07) is 13.5. The number of carbonyl (C=O) groups is 1. The summed E-state index contributed by atoms with van der Waals surface area (Å²) in [6.07, 6.45) is 2.73. The molecule has 5 nitrogen and oxygen atoms in total. The van der Waals surface area contributed by atoms with Gasteiger partial charge in [0.2, 0.25) is 0 Å². The zero-order chi connectivity index (χ0) is 19.2. The van der Waals surface area contributed by atoms with Crippen LogP contribution in [0.3, 0.4) is 0 Å². The molecule has 7 heteroatoms. The summed E-state index contributed by atoms with van der Waals surface area (Å²) in [5.41, 5.74) is 8.96. The molecule has 2 aromatic rings. The van der Waals surface area contributed by atoms with Crippen molar-refractivity contribution < 1.29 is 9.53 Å². The molecule has 1 aliphatic rings. The fourth-order valence-corrected chi connectivity index (χ4v) is 3.18. The zero-order valence-corrected chi connectivity index (χ0v) is 16.6. The molecule has 27 heavy (non-hydrogen) atoms. The normalized spacial score (nSPS) is 13.4. The second-order valence-corrected chi connectivity index (χ2v) is 7.31. The lowest BCUT2D eigenvalue weighted by molar-refractivity contribution is -0.127. The molecule has 0 radical (unpaired) electrons. The summed E-state index contributed by atoms with van der Waals surface area (Å²) < 4.78 is 5.75. The molecule has 0 aromatic heterocycles. The lowest BCUT2D eigenvalue weighted by atomic mass is 10.1. The van der Waals surface area contributed by atoms with Crippen LogP contribution in [0, 0.1) is 0 Å². The Morgan fingerprint density at radius 3 is 2.67 bits per heavy atom. The van der Waals surface area contributed by atoms with Crippen LogP contribution in [-0.4, -0.2) is 17.1 Å². The Balaban J connectivity index is 1.41. The molecule has 1 aliphatic carbocycles. The number of thiocarbonyl (C=S) groups is 1. The summed E-state index contributed by atoms with van der Waals surface area (Å²) >= 11 is 11.0. The molecule has 0 fully saturated rings. The van der Waals surface area contributed by atoms with E-state index in [2.05, 4.69) is 22.2 Å². The van der Waals surface area contributed by atoms with E-state index < -0.39 is 6.10 Å². The zero-order valence-electron chi connectivity index (χ0n) is 15.0. The molecule has 0 aliphatic heterocycles. The third-order valence-electron chi connectivity index (χ3n) is 4.42. The number of nitrogens with one attached hydrogen (secondary N) is 3. The number of carbonyl (C=O) groups excluding carboxylic acids is 1. The van der Waals surface area contributed by atoms with Gasteiger partial charge in [0.25, 0.3) is 5.91 Å². The number of fused-ring (bicyclic) bond motifs is 1. The molecule has 1 atom stereocenters. The largest absolute Gasteiger partial charge is 0.481 e. The predicted molar refractivity (Wildman–Crippen MR) is 111 cm³/mol. The Bertz CT molecular complexity index is 826. The first-order valence-electron chi connectivity index (χ1n) is 8.88. The van der Waals surface area contributed by atoms with Crippen molar-refractivity contribution in [1.82, 2.24) is 16.2 Å². The van der Waals surface area contributed by atoms with Gasteiger partial charge in [-0.3, -0.25) is 15.6 Å². The van der Waals surface area contributed by atoms with Crippen molar-refractivity contribution in [1.29, 1.82) is 0 Å². The van der Waals surface area contributed by atoms with Crippen LogP contribution in [0.2, 0.25) is 5.02 Å². The van der Waals surface area contributed by atoms with Gasteiger partial charge in [0.1, 0.15) is 5.75 Å². The predicted octanol–water partition coefficient (Wildman–Crippen LogP) is 3.29. The highest BCUT2D eigenvalue weighted by atomic mass is 35.5. The van der Waals surface area contributed by atoms with E-state index in [9.17, 15) is 4.79 Å². The van der Waals surface area contributed by atoms with E-state index in [1.165, 1.54) is 17.5 Å². The number of benzene rings is 2. The molecule has 3 rings (SSSR count). The third-order valence-corrected chi connectivity index (χ3v) is 4.92. The highest BCUT2D eigenvalue weighted by Crippen LogP contribution is 2.26.